The Morgan fingerprint density at radius 3 is 1.83 bits per heavy atom. The highest BCUT2D eigenvalue weighted by Gasteiger charge is 2.36. The summed E-state index contributed by atoms with van der Waals surface area (Å²) in [7, 11) is -3.68. The van der Waals surface area contributed by atoms with Gasteiger partial charge in [0.05, 0.1) is 26.7 Å². The largest absolute Gasteiger partial charge is 0.741 e. The highest BCUT2D eigenvalue weighted by molar-refractivity contribution is 7.86. The molecule has 1 aliphatic heterocycles. The molecule has 0 radical (unpaired) electrons. The summed E-state index contributed by atoms with van der Waals surface area (Å²) < 4.78 is 60.2. The molecule has 18 heavy (non-hydrogen) atoms. The molecule has 4 nitrogen and oxygen atoms in total. The fourth-order valence-corrected chi connectivity index (χ4v) is 2.04. The molecule has 1 rings (SSSR count). The Labute approximate surface area is 106 Å². The summed E-state index contributed by atoms with van der Waals surface area (Å²) in [5.41, 5.74) is -5.65. The first-order chi connectivity index (χ1) is 8.02. The lowest BCUT2D eigenvalue weighted by atomic mass is 10.1. The molecule has 0 aliphatic carbocycles. The number of quaternary nitrogens is 1. The quantitative estimate of drug-likeness (QED) is 0.444. The van der Waals surface area contributed by atoms with E-state index in [0.717, 1.165) is 0 Å². The van der Waals surface area contributed by atoms with E-state index in [1.54, 1.807) is 0 Å². The molecule has 0 atom stereocenters. The zero-order valence-corrected chi connectivity index (χ0v) is 11.5. The first kappa shape index (κ1) is 17.7. The van der Waals surface area contributed by atoms with Crippen molar-refractivity contribution in [1.82, 2.24) is 0 Å². The summed E-state index contributed by atoms with van der Waals surface area (Å²) >= 11 is 0. The van der Waals surface area contributed by atoms with Crippen LogP contribution < -0.4 is 0 Å². The van der Waals surface area contributed by atoms with Gasteiger partial charge in [0.25, 0.3) is 0 Å². The van der Waals surface area contributed by atoms with Gasteiger partial charge in [0, 0.05) is 0 Å². The Morgan fingerprint density at radius 2 is 1.56 bits per heavy atom. The van der Waals surface area contributed by atoms with Crippen LogP contribution >= 0.6 is 0 Å². The van der Waals surface area contributed by atoms with Crippen LogP contribution in [-0.2, 0) is 10.1 Å². The lowest BCUT2D eigenvalue weighted by Gasteiger charge is -2.37. The summed E-state index contributed by atoms with van der Waals surface area (Å²) in [4.78, 5) is 0. The second-order valence-electron chi connectivity index (χ2n) is 4.75. The van der Waals surface area contributed by atoms with Crippen molar-refractivity contribution >= 4 is 10.1 Å². The molecule has 0 amide bonds. The van der Waals surface area contributed by atoms with E-state index in [1.165, 1.54) is 49.8 Å². The van der Waals surface area contributed by atoms with E-state index in [9.17, 15) is 13.2 Å². The van der Waals surface area contributed by atoms with Crippen molar-refractivity contribution in [3.63, 3.8) is 0 Å². The molecule has 1 saturated heterocycles. The van der Waals surface area contributed by atoms with Gasteiger partial charge in [0.2, 0.25) is 0 Å². The maximum Gasteiger partial charge on any atom is 0.485 e. The first-order valence-corrected chi connectivity index (χ1v) is 7.28. The minimum atomic E-state index is -6.09. The van der Waals surface area contributed by atoms with E-state index in [1.807, 2.05) is 0 Å². The topological polar surface area (TPSA) is 57.2 Å². The predicted molar refractivity (Wildman–Crippen MR) is 60.7 cm³/mol. The van der Waals surface area contributed by atoms with Crippen molar-refractivity contribution in [2.75, 3.05) is 26.7 Å². The van der Waals surface area contributed by atoms with Crippen LogP contribution in [0.3, 0.4) is 0 Å². The number of halogens is 3. The average molecular weight is 291 g/mol. The third-order valence-electron chi connectivity index (χ3n) is 2.94. The standard InChI is InChI=1S/C9H20N.CHF3O3S/c1-3-7-10(2)8-5-4-6-9-10;2-1(3,4)8(5,6)7/h3-9H2,1-2H3;(H,5,6,7)/q+1;/p-1. The normalized spacial score (nSPS) is 19.9. The Kier molecular flexibility index (Phi) is 6.59. The van der Waals surface area contributed by atoms with Gasteiger partial charge >= 0.3 is 5.51 Å². The van der Waals surface area contributed by atoms with Crippen molar-refractivity contribution in [2.45, 2.75) is 38.1 Å². The summed E-state index contributed by atoms with van der Waals surface area (Å²) in [6.07, 6.45) is 5.72. The summed E-state index contributed by atoms with van der Waals surface area (Å²) in [6, 6.07) is 0. The number of nitrogens with zero attached hydrogens (tertiary/aromatic N) is 1. The van der Waals surface area contributed by atoms with Crippen LogP contribution in [0.5, 0.6) is 0 Å². The molecule has 0 N–H and O–H groups in total. The van der Waals surface area contributed by atoms with Crippen molar-refractivity contribution < 1.29 is 30.6 Å². The van der Waals surface area contributed by atoms with Gasteiger partial charge < -0.3 is 9.04 Å². The molecule has 110 valence electrons. The molecule has 0 aromatic rings. The molecule has 1 fully saturated rings. The van der Waals surface area contributed by atoms with E-state index >= 15 is 0 Å². The van der Waals surface area contributed by atoms with E-state index in [2.05, 4.69) is 14.0 Å². The van der Waals surface area contributed by atoms with Gasteiger partial charge in [0.1, 0.15) is 0 Å². The number of alkyl halides is 3. The highest BCUT2D eigenvalue weighted by atomic mass is 32.2. The Bertz CT molecular complexity index is 329. The molecule has 0 bridgehead atoms. The van der Waals surface area contributed by atoms with Crippen molar-refractivity contribution in [3.05, 3.63) is 0 Å². The Morgan fingerprint density at radius 1 is 1.17 bits per heavy atom. The number of rotatable bonds is 2. The Hall–Kier alpha value is -0.340. The van der Waals surface area contributed by atoms with E-state index < -0.39 is 15.6 Å². The smallest absolute Gasteiger partial charge is 0.485 e. The minimum absolute atomic E-state index is 1.34. The van der Waals surface area contributed by atoms with Crippen molar-refractivity contribution in [3.8, 4) is 0 Å². The second-order valence-corrected chi connectivity index (χ2v) is 6.12. The third-order valence-corrected chi connectivity index (χ3v) is 3.51. The Balaban J connectivity index is 0.000000331. The fraction of sp³-hybridized carbons (Fsp3) is 1.00. The number of likely N-dealkylation sites (tertiary alicyclic amines) is 1. The molecule has 8 heteroatoms. The molecule has 1 heterocycles. The van der Waals surface area contributed by atoms with Gasteiger partial charge in [-0.3, -0.25) is 0 Å². The van der Waals surface area contributed by atoms with Crippen LogP contribution in [0.2, 0.25) is 0 Å². The molecule has 1 aliphatic rings. The van der Waals surface area contributed by atoms with Gasteiger partial charge in [0.15, 0.2) is 10.1 Å². The van der Waals surface area contributed by atoms with Crippen LogP contribution in [0.25, 0.3) is 0 Å². The lowest BCUT2D eigenvalue weighted by Crippen LogP contribution is -2.48. The van der Waals surface area contributed by atoms with E-state index in [-0.39, 0.29) is 0 Å². The van der Waals surface area contributed by atoms with Crippen LogP contribution in [0.1, 0.15) is 32.6 Å². The molecular formula is C10H20F3NO3S. The zero-order valence-electron chi connectivity index (χ0n) is 10.7. The molecule has 0 aromatic carbocycles. The van der Waals surface area contributed by atoms with Crippen LogP contribution in [0, 0.1) is 0 Å². The maximum absolute atomic E-state index is 10.7. The van der Waals surface area contributed by atoms with E-state index in [4.69, 9.17) is 13.0 Å². The highest BCUT2D eigenvalue weighted by Crippen LogP contribution is 2.20. The molecule has 0 saturated carbocycles. The number of hydrogen-bond donors (Lipinski definition) is 0. The number of hydrogen-bond acceptors (Lipinski definition) is 3. The van der Waals surface area contributed by atoms with Gasteiger partial charge in [-0.05, 0) is 25.7 Å². The summed E-state index contributed by atoms with van der Waals surface area (Å²) in [6.45, 7) is 6.53. The SMILES string of the molecule is CCC[N+]1(C)CCCCC1.O=S(=O)([O-])C(F)(F)F. The summed E-state index contributed by atoms with van der Waals surface area (Å²) in [5.74, 6) is 0. The van der Waals surface area contributed by atoms with Crippen molar-refractivity contribution in [1.29, 1.82) is 0 Å². The molecular weight excluding hydrogens is 271 g/mol. The van der Waals surface area contributed by atoms with Gasteiger partial charge in [-0.25, -0.2) is 8.42 Å². The van der Waals surface area contributed by atoms with Crippen LogP contribution in [0.4, 0.5) is 13.2 Å². The van der Waals surface area contributed by atoms with Gasteiger partial charge in [-0.1, -0.05) is 6.92 Å². The van der Waals surface area contributed by atoms with Gasteiger partial charge in [-0.2, -0.15) is 13.2 Å². The van der Waals surface area contributed by atoms with E-state index in [0.29, 0.717) is 0 Å². The molecule has 0 spiro atoms. The minimum Gasteiger partial charge on any atom is -0.741 e. The number of piperidine rings is 1. The average Bonchev–Trinajstić information content (AvgIpc) is 2.16. The molecule has 0 unspecified atom stereocenters. The van der Waals surface area contributed by atoms with Crippen LogP contribution in [0.15, 0.2) is 0 Å². The fourth-order valence-electron chi connectivity index (χ4n) is 2.04. The second kappa shape index (κ2) is 6.72. The van der Waals surface area contributed by atoms with Gasteiger partial charge in [-0.15, -0.1) is 0 Å². The third kappa shape index (κ3) is 6.55. The maximum atomic E-state index is 10.7. The zero-order chi connectivity index (χ0) is 14.4. The first-order valence-electron chi connectivity index (χ1n) is 5.87. The van der Waals surface area contributed by atoms with Crippen molar-refractivity contribution in [2.24, 2.45) is 0 Å². The lowest BCUT2D eigenvalue weighted by molar-refractivity contribution is -0.914. The molecule has 0 aromatic heterocycles. The predicted octanol–water partition coefficient (Wildman–Crippen LogP) is 2.08. The van der Waals surface area contributed by atoms with Crippen LogP contribution in [-0.4, -0.2) is 49.6 Å². The monoisotopic (exact) mass is 291 g/mol. The summed E-state index contributed by atoms with van der Waals surface area (Å²) in [5, 5.41) is 0.